The Morgan fingerprint density at radius 2 is 1.95 bits per heavy atom. The number of unbranched alkanes of at least 4 members (excludes halogenated alkanes) is 1. The second-order valence-corrected chi connectivity index (χ2v) is 5.05. The second kappa shape index (κ2) is 6.63. The average molecular weight is 264 g/mol. The highest BCUT2D eigenvalue weighted by Gasteiger charge is 2.21. The Bertz CT molecular complexity index is 460. The molecule has 1 aromatic rings. The zero-order chi connectivity index (χ0) is 13.7. The number of rotatable bonds is 4. The number of likely N-dealkylation sites (tertiary alicyclic amines) is 1. The number of hydrogen-bond donors (Lipinski definition) is 0. The lowest BCUT2D eigenvalue weighted by molar-refractivity contribution is 0.210. The molecule has 0 atom stereocenters. The van der Waals surface area contributed by atoms with Crippen molar-refractivity contribution in [3.8, 4) is 6.07 Å². The first-order valence-electron chi connectivity index (χ1n) is 6.75. The molecule has 4 heteroatoms. The number of halogens is 2. The molecule has 19 heavy (non-hydrogen) atoms. The molecule has 0 spiro atoms. The van der Waals surface area contributed by atoms with Crippen LogP contribution < -0.4 is 0 Å². The van der Waals surface area contributed by atoms with E-state index in [0.717, 1.165) is 44.5 Å². The third-order valence-electron chi connectivity index (χ3n) is 3.77. The van der Waals surface area contributed by atoms with Crippen LogP contribution >= 0.6 is 0 Å². The van der Waals surface area contributed by atoms with Crippen LogP contribution in [0.2, 0.25) is 0 Å². The van der Waals surface area contributed by atoms with Gasteiger partial charge in [0.2, 0.25) is 0 Å². The lowest BCUT2D eigenvalue weighted by Gasteiger charge is -2.32. The van der Waals surface area contributed by atoms with Gasteiger partial charge in [-0.2, -0.15) is 5.26 Å². The van der Waals surface area contributed by atoms with Crippen molar-refractivity contribution in [2.45, 2.75) is 31.6 Å². The molecule has 1 saturated heterocycles. The standard InChI is InChI=1S/C15H18F2N2/c16-14-4-3-13(11-15(14)17)12-5-9-19(10-6-12)8-2-1-7-18/h3-4,11-12H,1-2,5-6,8-10H2. The fourth-order valence-electron chi connectivity index (χ4n) is 2.64. The van der Waals surface area contributed by atoms with Gasteiger partial charge in [0.1, 0.15) is 0 Å². The molecule has 1 aromatic carbocycles. The molecule has 2 rings (SSSR count). The van der Waals surface area contributed by atoms with Crippen LogP contribution in [-0.2, 0) is 0 Å². The van der Waals surface area contributed by atoms with E-state index in [1.165, 1.54) is 12.1 Å². The van der Waals surface area contributed by atoms with Gasteiger partial charge in [0, 0.05) is 6.42 Å². The van der Waals surface area contributed by atoms with E-state index in [1.54, 1.807) is 6.07 Å². The number of piperidine rings is 1. The maximum Gasteiger partial charge on any atom is 0.159 e. The van der Waals surface area contributed by atoms with Gasteiger partial charge < -0.3 is 4.90 Å². The highest BCUT2D eigenvalue weighted by atomic mass is 19.2. The van der Waals surface area contributed by atoms with Gasteiger partial charge in [0.25, 0.3) is 0 Å². The highest BCUT2D eigenvalue weighted by molar-refractivity contribution is 5.22. The van der Waals surface area contributed by atoms with E-state index in [1.807, 2.05) is 0 Å². The summed E-state index contributed by atoms with van der Waals surface area (Å²) in [6.45, 7) is 2.89. The lowest BCUT2D eigenvalue weighted by Crippen LogP contribution is -2.33. The van der Waals surface area contributed by atoms with Crippen molar-refractivity contribution in [3.63, 3.8) is 0 Å². The number of benzene rings is 1. The van der Waals surface area contributed by atoms with Crippen LogP contribution in [0.3, 0.4) is 0 Å². The van der Waals surface area contributed by atoms with Crippen LogP contribution in [0.15, 0.2) is 18.2 Å². The first-order chi connectivity index (χ1) is 9.20. The topological polar surface area (TPSA) is 27.0 Å². The molecule has 0 bridgehead atoms. The van der Waals surface area contributed by atoms with E-state index < -0.39 is 11.6 Å². The molecular weight excluding hydrogens is 246 g/mol. The zero-order valence-electron chi connectivity index (χ0n) is 10.9. The maximum atomic E-state index is 13.2. The maximum absolute atomic E-state index is 13.2. The molecule has 0 aliphatic carbocycles. The van der Waals surface area contributed by atoms with Gasteiger partial charge in [-0.25, -0.2) is 8.78 Å². The summed E-state index contributed by atoms with van der Waals surface area (Å²) in [5.74, 6) is -1.21. The first kappa shape index (κ1) is 14.0. The van der Waals surface area contributed by atoms with Crippen molar-refractivity contribution >= 4 is 0 Å². The van der Waals surface area contributed by atoms with Gasteiger partial charge >= 0.3 is 0 Å². The summed E-state index contributed by atoms with van der Waals surface area (Å²) >= 11 is 0. The molecule has 0 saturated carbocycles. The first-order valence-corrected chi connectivity index (χ1v) is 6.75. The third kappa shape index (κ3) is 3.74. The SMILES string of the molecule is N#CCCCN1CCC(c2ccc(F)c(F)c2)CC1. The summed E-state index contributed by atoms with van der Waals surface area (Å²) in [4.78, 5) is 2.34. The summed E-state index contributed by atoms with van der Waals surface area (Å²) < 4.78 is 26.1. The molecule has 0 unspecified atom stereocenters. The van der Waals surface area contributed by atoms with E-state index in [2.05, 4.69) is 11.0 Å². The van der Waals surface area contributed by atoms with Crippen molar-refractivity contribution in [2.75, 3.05) is 19.6 Å². The van der Waals surface area contributed by atoms with Crippen molar-refractivity contribution < 1.29 is 8.78 Å². The van der Waals surface area contributed by atoms with Gasteiger partial charge in [-0.3, -0.25) is 0 Å². The molecule has 102 valence electrons. The summed E-state index contributed by atoms with van der Waals surface area (Å²) in [5.41, 5.74) is 0.899. The Balaban J connectivity index is 1.86. The molecule has 1 aliphatic heterocycles. The monoisotopic (exact) mass is 264 g/mol. The van der Waals surface area contributed by atoms with Gasteiger partial charge in [0.05, 0.1) is 6.07 Å². The molecule has 1 aliphatic rings. The zero-order valence-corrected chi connectivity index (χ0v) is 10.9. The van der Waals surface area contributed by atoms with E-state index in [-0.39, 0.29) is 0 Å². The van der Waals surface area contributed by atoms with Crippen LogP contribution in [0.5, 0.6) is 0 Å². The molecule has 0 aromatic heterocycles. The third-order valence-corrected chi connectivity index (χ3v) is 3.77. The molecule has 1 heterocycles. The summed E-state index contributed by atoms with van der Waals surface area (Å²) in [7, 11) is 0. The number of nitrogens with zero attached hydrogens (tertiary/aromatic N) is 2. The van der Waals surface area contributed by atoms with Gasteiger partial charge in [0.15, 0.2) is 11.6 Å². The van der Waals surface area contributed by atoms with E-state index in [9.17, 15) is 8.78 Å². The fourth-order valence-corrected chi connectivity index (χ4v) is 2.64. The van der Waals surface area contributed by atoms with Crippen molar-refractivity contribution in [1.82, 2.24) is 4.90 Å². The lowest BCUT2D eigenvalue weighted by atomic mass is 9.89. The minimum atomic E-state index is -0.780. The quantitative estimate of drug-likeness (QED) is 0.779. The van der Waals surface area contributed by atoms with Crippen molar-refractivity contribution in [2.24, 2.45) is 0 Å². The fraction of sp³-hybridized carbons (Fsp3) is 0.533. The minimum Gasteiger partial charge on any atom is -0.303 e. The highest BCUT2D eigenvalue weighted by Crippen LogP contribution is 2.28. The molecule has 1 fully saturated rings. The Labute approximate surface area is 112 Å². The number of nitriles is 1. The average Bonchev–Trinajstić information content (AvgIpc) is 2.43. The summed E-state index contributed by atoms with van der Waals surface area (Å²) in [5, 5.41) is 8.50. The normalized spacial score (nSPS) is 17.3. The van der Waals surface area contributed by atoms with Crippen LogP contribution in [-0.4, -0.2) is 24.5 Å². The molecule has 0 N–H and O–H groups in total. The summed E-state index contributed by atoms with van der Waals surface area (Å²) in [6.07, 6.45) is 3.45. The van der Waals surface area contributed by atoms with Gasteiger partial charge in [-0.05, 0) is 62.5 Å². The minimum absolute atomic E-state index is 0.322. The van der Waals surface area contributed by atoms with Crippen molar-refractivity contribution in [3.05, 3.63) is 35.4 Å². The largest absolute Gasteiger partial charge is 0.303 e. The van der Waals surface area contributed by atoms with E-state index in [0.29, 0.717) is 12.3 Å². The number of hydrogen-bond acceptors (Lipinski definition) is 2. The smallest absolute Gasteiger partial charge is 0.159 e. The predicted molar refractivity (Wildman–Crippen MR) is 69.6 cm³/mol. The van der Waals surface area contributed by atoms with Gasteiger partial charge in [-0.15, -0.1) is 0 Å². The van der Waals surface area contributed by atoms with Crippen LogP contribution in [0.4, 0.5) is 8.78 Å². The molecular formula is C15H18F2N2. The Hall–Kier alpha value is -1.47. The Morgan fingerprint density at radius 1 is 1.21 bits per heavy atom. The predicted octanol–water partition coefficient (Wildman–Crippen LogP) is 3.45. The molecule has 0 radical (unpaired) electrons. The second-order valence-electron chi connectivity index (χ2n) is 5.05. The van der Waals surface area contributed by atoms with Crippen LogP contribution in [0, 0.1) is 23.0 Å². The molecule has 0 amide bonds. The van der Waals surface area contributed by atoms with E-state index >= 15 is 0 Å². The summed E-state index contributed by atoms with van der Waals surface area (Å²) in [6, 6.07) is 6.38. The van der Waals surface area contributed by atoms with E-state index in [4.69, 9.17) is 5.26 Å². The Morgan fingerprint density at radius 3 is 2.58 bits per heavy atom. The van der Waals surface area contributed by atoms with Crippen LogP contribution in [0.1, 0.15) is 37.2 Å². The Kier molecular flexibility index (Phi) is 4.86. The van der Waals surface area contributed by atoms with Crippen molar-refractivity contribution in [1.29, 1.82) is 5.26 Å². The molecule has 2 nitrogen and oxygen atoms in total. The van der Waals surface area contributed by atoms with Gasteiger partial charge in [-0.1, -0.05) is 6.07 Å². The van der Waals surface area contributed by atoms with Crippen LogP contribution in [0.25, 0.3) is 0 Å².